The smallest absolute Gasteiger partial charge is 0.273 e. The van der Waals surface area contributed by atoms with Crippen LogP contribution < -0.4 is 15.8 Å². The van der Waals surface area contributed by atoms with Gasteiger partial charge in [-0.05, 0) is 79.3 Å². The Hall–Kier alpha value is -3.04. The Bertz CT molecular complexity index is 1420. The molecule has 2 heterocycles. The highest BCUT2D eigenvalue weighted by Gasteiger charge is 2.31. The number of halogens is 1. The van der Waals surface area contributed by atoms with E-state index in [1.54, 1.807) is 48.5 Å². The molecule has 0 radical (unpaired) electrons. The van der Waals surface area contributed by atoms with Gasteiger partial charge in [0.2, 0.25) is 0 Å². The van der Waals surface area contributed by atoms with E-state index in [1.165, 1.54) is 11.4 Å². The van der Waals surface area contributed by atoms with Crippen LogP contribution in [0.25, 0.3) is 0 Å². The van der Waals surface area contributed by atoms with Crippen LogP contribution in [0.2, 0.25) is 5.02 Å². The van der Waals surface area contributed by atoms with Crippen molar-refractivity contribution in [1.82, 2.24) is 15.6 Å². The minimum atomic E-state index is -1.60. The van der Waals surface area contributed by atoms with Crippen molar-refractivity contribution in [3.05, 3.63) is 88.4 Å². The molecule has 2 N–H and O–H groups in total. The van der Waals surface area contributed by atoms with Crippen LogP contribution >= 0.6 is 11.6 Å². The van der Waals surface area contributed by atoms with E-state index in [2.05, 4.69) is 29.5 Å². The lowest BCUT2D eigenvalue weighted by Crippen LogP contribution is -2.43. The van der Waals surface area contributed by atoms with E-state index in [4.69, 9.17) is 11.6 Å². The fraction of sp³-hybridized carbons (Fsp3) is 0.355. The third-order valence-electron chi connectivity index (χ3n) is 7.39. The Kier molecular flexibility index (Phi) is 9.00. The summed E-state index contributed by atoms with van der Waals surface area (Å²) in [7, 11) is -1.60. The molecule has 0 aromatic heterocycles. The van der Waals surface area contributed by atoms with Gasteiger partial charge in [0.1, 0.15) is 0 Å². The molecule has 0 saturated carbocycles. The molecule has 3 aromatic rings. The van der Waals surface area contributed by atoms with E-state index in [0.29, 0.717) is 56.6 Å². The lowest BCUT2D eigenvalue weighted by atomic mass is 9.92. The third kappa shape index (κ3) is 6.47. The van der Waals surface area contributed by atoms with Crippen LogP contribution in [-0.2, 0) is 17.3 Å². The lowest BCUT2D eigenvalue weighted by Gasteiger charge is -2.34. The highest BCUT2D eigenvalue weighted by Crippen LogP contribution is 2.34. The number of fused-ring (bicyclic) bond motifs is 2. The molecule has 7 nitrogen and oxygen atoms in total. The van der Waals surface area contributed by atoms with Gasteiger partial charge in [0, 0.05) is 36.8 Å². The molecule has 3 atom stereocenters. The summed E-state index contributed by atoms with van der Waals surface area (Å²) in [6.07, 6.45) is 2.14. The van der Waals surface area contributed by atoms with Crippen molar-refractivity contribution >= 4 is 39.9 Å². The zero-order valence-corrected chi connectivity index (χ0v) is 24.4. The molecule has 0 bridgehead atoms. The van der Waals surface area contributed by atoms with Gasteiger partial charge < -0.3 is 10.2 Å². The molecule has 5 rings (SSSR count). The Balaban J connectivity index is 1.34. The average Bonchev–Trinajstić information content (AvgIpc) is 3.02. The molecule has 40 heavy (non-hydrogen) atoms. The molecule has 2 aliphatic rings. The predicted octanol–water partition coefficient (Wildman–Crippen LogP) is 5.27. The summed E-state index contributed by atoms with van der Waals surface area (Å²) >= 11 is 6.16. The van der Waals surface area contributed by atoms with Gasteiger partial charge in [-0.3, -0.25) is 9.59 Å². The van der Waals surface area contributed by atoms with Gasteiger partial charge in [-0.25, -0.2) is 14.6 Å². The number of carbonyl (C=O) groups is 2. The predicted molar refractivity (Wildman–Crippen MR) is 159 cm³/mol. The number of nitrogens with zero attached hydrogens (tertiary/aromatic N) is 2. The molecule has 3 unspecified atom stereocenters. The molecule has 0 aliphatic carbocycles. The van der Waals surface area contributed by atoms with Crippen LogP contribution in [0.15, 0.2) is 76.5 Å². The van der Waals surface area contributed by atoms with Gasteiger partial charge in [0.05, 0.1) is 31.8 Å². The number of hydrogen-bond acceptors (Lipinski definition) is 5. The van der Waals surface area contributed by atoms with Crippen molar-refractivity contribution in [2.24, 2.45) is 11.8 Å². The summed E-state index contributed by atoms with van der Waals surface area (Å²) in [5.41, 5.74) is 5.22. The normalized spacial score (nSPS) is 20.9. The van der Waals surface area contributed by atoms with E-state index in [0.717, 1.165) is 31.6 Å². The van der Waals surface area contributed by atoms with E-state index >= 15 is 0 Å². The molecule has 9 heteroatoms. The van der Waals surface area contributed by atoms with E-state index in [-0.39, 0.29) is 11.8 Å². The zero-order valence-electron chi connectivity index (χ0n) is 22.9. The van der Waals surface area contributed by atoms with Crippen LogP contribution in [0.5, 0.6) is 0 Å². The Morgan fingerprint density at radius 2 is 1.77 bits per heavy atom. The molecule has 1 saturated heterocycles. The van der Waals surface area contributed by atoms with Crippen molar-refractivity contribution in [2.75, 3.05) is 31.2 Å². The Labute approximate surface area is 243 Å². The van der Waals surface area contributed by atoms with Gasteiger partial charge in [0.25, 0.3) is 11.8 Å². The molecular formula is C31H35ClN4O3S. The largest absolute Gasteiger partial charge is 0.352 e. The van der Waals surface area contributed by atoms with Crippen molar-refractivity contribution in [3.8, 4) is 0 Å². The number of amides is 2. The SMILES string of the molecule is CC1CC(C)CN(CCCNC(=O)c2ccc3c(c2)N(NCc2cccc(Cl)c2)C(=O)c2ccccc2S3=O)C1. The van der Waals surface area contributed by atoms with Crippen LogP contribution in [0, 0.1) is 11.8 Å². The summed E-state index contributed by atoms with van der Waals surface area (Å²) in [5.74, 6) is 0.839. The van der Waals surface area contributed by atoms with Crippen molar-refractivity contribution < 1.29 is 13.8 Å². The quantitative estimate of drug-likeness (QED) is 0.356. The Morgan fingerprint density at radius 3 is 2.55 bits per heavy atom. The third-order valence-corrected chi connectivity index (χ3v) is 9.13. The molecule has 3 aromatic carbocycles. The number of rotatable bonds is 8. The summed E-state index contributed by atoms with van der Waals surface area (Å²) in [5, 5.41) is 5.01. The van der Waals surface area contributed by atoms with Crippen LogP contribution in [-0.4, -0.2) is 47.1 Å². The molecule has 2 amide bonds. The van der Waals surface area contributed by atoms with Crippen LogP contribution in [0.3, 0.4) is 0 Å². The molecule has 210 valence electrons. The number of likely N-dealkylation sites (tertiary alicyclic amines) is 1. The number of hydrazine groups is 1. The second-order valence-electron chi connectivity index (χ2n) is 10.9. The van der Waals surface area contributed by atoms with Gasteiger partial charge in [-0.2, -0.15) is 0 Å². The first-order valence-corrected chi connectivity index (χ1v) is 15.3. The molecule has 2 aliphatic heterocycles. The maximum absolute atomic E-state index is 13.7. The van der Waals surface area contributed by atoms with Crippen molar-refractivity contribution in [2.45, 2.75) is 43.0 Å². The summed E-state index contributed by atoms with van der Waals surface area (Å²) in [4.78, 5) is 30.2. The van der Waals surface area contributed by atoms with Gasteiger partial charge in [-0.1, -0.05) is 49.7 Å². The molecular weight excluding hydrogens is 544 g/mol. The van der Waals surface area contributed by atoms with E-state index in [9.17, 15) is 13.8 Å². The first kappa shape index (κ1) is 28.5. The second kappa shape index (κ2) is 12.6. The highest BCUT2D eigenvalue weighted by molar-refractivity contribution is 7.85. The summed E-state index contributed by atoms with van der Waals surface area (Å²) < 4.78 is 13.6. The minimum Gasteiger partial charge on any atom is -0.352 e. The maximum atomic E-state index is 13.7. The number of anilines is 1. The standard InChI is InChI=1S/C31H35ClN4O3S/c1-21-15-22(2)20-35(19-21)14-6-13-33-30(37)24-11-12-29-27(17-24)36(34-18-23-7-5-8-25(32)16-23)31(38)26-9-3-4-10-28(26)40(29)39/h3-5,7-12,16-17,21-22,34H,6,13-15,18-20H2,1-2H3,(H,33,37). The topological polar surface area (TPSA) is 81.8 Å². The number of hydrogen-bond donors (Lipinski definition) is 2. The number of nitrogens with one attached hydrogen (secondary N) is 2. The van der Waals surface area contributed by atoms with E-state index < -0.39 is 10.8 Å². The first-order chi connectivity index (χ1) is 19.3. The van der Waals surface area contributed by atoms with Gasteiger partial charge >= 0.3 is 0 Å². The fourth-order valence-corrected chi connectivity index (χ4v) is 7.24. The van der Waals surface area contributed by atoms with Crippen LogP contribution in [0.4, 0.5) is 5.69 Å². The zero-order chi connectivity index (χ0) is 28.2. The molecule has 1 fully saturated rings. The van der Waals surface area contributed by atoms with Crippen LogP contribution in [0.1, 0.15) is 53.0 Å². The Morgan fingerprint density at radius 1 is 1.00 bits per heavy atom. The monoisotopic (exact) mass is 578 g/mol. The summed E-state index contributed by atoms with van der Waals surface area (Å²) in [6, 6.07) is 19.3. The number of benzene rings is 3. The number of piperidine rings is 1. The van der Waals surface area contributed by atoms with Crippen molar-refractivity contribution in [1.29, 1.82) is 0 Å². The maximum Gasteiger partial charge on any atom is 0.273 e. The lowest BCUT2D eigenvalue weighted by molar-refractivity contribution is 0.0943. The second-order valence-corrected chi connectivity index (χ2v) is 12.7. The minimum absolute atomic E-state index is 0.224. The van der Waals surface area contributed by atoms with Crippen molar-refractivity contribution in [3.63, 3.8) is 0 Å². The summed E-state index contributed by atoms with van der Waals surface area (Å²) in [6.45, 7) is 8.63. The fourth-order valence-electron chi connectivity index (χ4n) is 5.70. The number of carbonyl (C=O) groups excluding carboxylic acids is 2. The highest BCUT2D eigenvalue weighted by atomic mass is 35.5. The first-order valence-electron chi connectivity index (χ1n) is 13.8. The van der Waals surface area contributed by atoms with Gasteiger partial charge in [-0.15, -0.1) is 0 Å². The van der Waals surface area contributed by atoms with E-state index in [1.807, 2.05) is 18.2 Å². The average molecular weight is 579 g/mol. The van der Waals surface area contributed by atoms with Gasteiger partial charge in [0.15, 0.2) is 0 Å². The molecule has 0 spiro atoms.